The lowest BCUT2D eigenvalue weighted by molar-refractivity contribution is 0.0946. The van der Waals surface area contributed by atoms with Crippen molar-refractivity contribution in [1.29, 1.82) is 0 Å². The Morgan fingerprint density at radius 1 is 1.50 bits per heavy atom. The van der Waals surface area contributed by atoms with Crippen molar-refractivity contribution >= 4 is 23.2 Å². The monoisotopic (exact) mass is 268 g/mol. The Kier molecular flexibility index (Phi) is 4.09. The van der Waals surface area contributed by atoms with Gasteiger partial charge in [0, 0.05) is 6.54 Å². The molecule has 2 rings (SSSR count). The van der Waals surface area contributed by atoms with Crippen LogP contribution in [-0.2, 0) is 0 Å². The fourth-order valence-corrected chi connectivity index (χ4v) is 2.48. The molecule has 1 aromatic rings. The van der Waals surface area contributed by atoms with Gasteiger partial charge in [-0.05, 0) is 37.3 Å². The predicted molar refractivity (Wildman–Crippen MR) is 71.5 cm³/mol. The first-order valence-corrected chi connectivity index (χ1v) is 6.46. The Bertz CT molecular complexity index is 451. The molecular weight excluding hydrogens is 252 g/mol. The van der Waals surface area contributed by atoms with Crippen LogP contribution in [0.4, 0.5) is 5.69 Å². The Hall–Kier alpha value is -1.26. The highest BCUT2D eigenvalue weighted by molar-refractivity contribution is 6.33. The molecule has 0 saturated heterocycles. The quantitative estimate of drug-likeness (QED) is 0.732. The first kappa shape index (κ1) is 13.2. The average molecular weight is 269 g/mol. The zero-order chi connectivity index (χ0) is 13.1. The number of rotatable bonds is 3. The van der Waals surface area contributed by atoms with Crippen LogP contribution in [0, 0.1) is 5.92 Å². The van der Waals surface area contributed by atoms with Gasteiger partial charge >= 0.3 is 0 Å². The van der Waals surface area contributed by atoms with Gasteiger partial charge in [-0.15, -0.1) is 0 Å². The third kappa shape index (κ3) is 2.94. The Labute approximate surface area is 111 Å². The van der Waals surface area contributed by atoms with E-state index >= 15 is 0 Å². The number of benzene rings is 1. The van der Waals surface area contributed by atoms with Gasteiger partial charge in [-0.1, -0.05) is 17.7 Å². The second kappa shape index (κ2) is 5.59. The van der Waals surface area contributed by atoms with Crippen LogP contribution in [0.3, 0.4) is 0 Å². The van der Waals surface area contributed by atoms with Gasteiger partial charge in [0.1, 0.15) is 0 Å². The molecule has 1 fully saturated rings. The van der Waals surface area contributed by atoms with Crippen molar-refractivity contribution in [3.8, 4) is 0 Å². The lowest BCUT2D eigenvalue weighted by Crippen LogP contribution is -2.29. The van der Waals surface area contributed by atoms with E-state index in [2.05, 4.69) is 5.32 Å². The molecule has 1 saturated carbocycles. The van der Waals surface area contributed by atoms with E-state index < -0.39 is 0 Å². The van der Waals surface area contributed by atoms with Crippen LogP contribution in [0.2, 0.25) is 5.02 Å². The third-order valence-corrected chi connectivity index (χ3v) is 3.69. The molecular formula is C13H17ClN2O2. The summed E-state index contributed by atoms with van der Waals surface area (Å²) >= 11 is 5.87. The molecule has 0 aromatic heterocycles. The fourth-order valence-electron chi connectivity index (χ4n) is 2.30. The van der Waals surface area contributed by atoms with Crippen molar-refractivity contribution in [2.75, 3.05) is 12.3 Å². The number of aliphatic hydroxyl groups excluding tert-OH is 1. The first-order valence-electron chi connectivity index (χ1n) is 6.08. The number of aliphatic hydroxyl groups is 1. The van der Waals surface area contributed by atoms with Crippen LogP contribution in [-0.4, -0.2) is 23.7 Å². The van der Waals surface area contributed by atoms with E-state index in [9.17, 15) is 9.90 Å². The second-order valence-corrected chi connectivity index (χ2v) is 5.15. The van der Waals surface area contributed by atoms with Crippen molar-refractivity contribution in [3.05, 3.63) is 28.8 Å². The molecule has 1 amide bonds. The topological polar surface area (TPSA) is 75.4 Å². The number of halogens is 1. The molecule has 1 aromatic carbocycles. The van der Waals surface area contributed by atoms with Gasteiger partial charge in [0.2, 0.25) is 0 Å². The Morgan fingerprint density at radius 2 is 2.28 bits per heavy atom. The van der Waals surface area contributed by atoms with E-state index in [4.69, 9.17) is 17.3 Å². The number of para-hydroxylation sites is 1. The zero-order valence-corrected chi connectivity index (χ0v) is 10.8. The van der Waals surface area contributed by atoms with Gasteiger partial charge < -0.3 is 16.2 Å². The maximum Gasteiger partial charge on any atom is 0.253 e. The van der Waals surface area contributed by atoms with Crippen LogP contribution < -0.4 is 11.1 Å². The number of hydrogen-bond acceptors (Lipinski definition) is 3. The number of anilines is 1. The molecule has 1 aliphatic carbocycles. The Morgan fingerprint density at radius 3 is 2.94 bits per heavy atom. The summed E-state index contributed by atoms with van der Waals surface area (Å²) in [5.41, 5.74) is 6.47. The Balaban J connectivity index is 1.94. The molecule has 2 unspecified atom stereocenters. The first-order chi connectivity index (χ1) is 8.58. The molecule has 0 spiro atoms. The molecule has 1 aliphatic rings. The molecule has 0 heterocycles. The van der Waals surface area contributed by atoms with Gasteiger partial charge in [0.05, 0.1) is 22.4 Å². The summed E-state index contributed by atoms with van der Waals surface area (Å²) in [6, 6.07) is 5.01. The minimum absolute atomic E-state index is 0.212. The van der Waals surface area contributed by atoms with E-state index in [0.717, 1.165) is 19.3 Å². The molecule has 4 nitrogen and oxygen atoms in total. The fraction of sp³-hybridized carbons (Fsp3) is 0.462. The summed E-state index contributed by atoms with van der Waals surface area (Å²) < 4.78 is 0. The lowest BCUT2D eigenvalue weighted by atomic mass is 10.1. The molecule has 2 atom stereocenters. The minimum Gasteiger partial charge on any atom is -0.397 e. The van der Waals surface area contributed by atoms with E-state index in [1.807, 2.05) is 0 Å². The number of hydrogen-bond donors (Lipinski definition) is 3. The number of nitrogen functional groups attached to an aromatic ring is 1. The van der Waals surface area contributed by atoms with E-state index in [1.165, 1.54) is 0 Å². The number of nitrogens with two attached hydrogens (primary N) is 1. The highest BCUT2D eigenvalue weighted by Gasteiger charge is 2.23. The summed E-state index contributed by atoms with van der Waals surface area (Å²) in [6.07, 6.45) is 2.31. The van der Waals surface area contributed by atoms with E-state index in [1.54, 1.807) is 18.2 Å². The maximum absolute atomic E-state index is 11.9. The number of amides is 1. The van der Waals surface area contributed by atoms with Gasteiger partial charge in [0.15, 0.2) is 0 Å². The number of carbonyl (C=O) groups is 1. The second-order valence-electron chi connectivity index (χ2n) is 4.74. The van der Waals surface area contributed by atoms with Crippen molar-refractivity contribution in [2.45, 2.75) is 25.4 Å². The van der Waals surface area contributed by atoms with Crippen LogP contribution in [0.1, 0.15) is 29.6 Å². The van der Waals surface area contributed by atoms with Gasteiger partial charge in [-0.3, -0.25) is 4.79 Å². The van der Waals surface area contributed by atoms with E-state index in [0.29, 0.717) is 28.7 Å². The molecule has 0 bridgehead atoms. The average Bonchev–Trinajstić information content (AvgIpc) is 2.76. The molecule has 18 heavy (non-hydrogen) atoms. The molecule has 5 heteroatoms. The maximum atomic E-state index is 11.9. The molecule has 0 aliphatic heterocycles. The summed E-state index contributed by atoms with van der Waals surface area (Å²) in [5.74, 6) is 0.140. The minimum atomic E-state index is -0.219. The third-order valence-electron chi connectivity index (χ3n) is 3.36. The summed E-state index contributed by atoms with van der Waals surface area (Å²) in [6.45, 7) is 0.571. The highest BCUT2D eigenvalue weighted by atomic mass is 35.5. The largest absolute Gasteiger partial charge is 0.397 e. The molecule has 4 N–H and O–H groups in total. The molecule has 98 valence electrons. The van der Waals surface area contributed by atoms with E-state index in [-0.39, 0.29) is 12.0 Å². The standard InChI is InChI=1S/C13H17ClN2O2/c14-11-3-1-2-10(12(11)15)13(18)16-7-8-4-5-9(17)6-8/h1-3,8-9,17H,4-7,15H2,(H,16,18). The number of carbonyl (C=O) groups excluding carboxylic acids is 1. The van der Waals surface area contributed by atoms with Crippen LogP contribution in [0.15, 0.2) is 18.2 Å². The van der Waals surface area contributed by atoms with Crippen molar-refractivity contribution in [3.63, 3.8) is 0 Å². The normalized spacial score (nSPS) is 23.0. The lowest BCUT2D eigenvalue weighted by Gasteiger charge is -2.12. The van der Waals surface area contributed by atoms with Crippen LogP contribution in [0.25, 0.3) is 0 Å². The molecule has 0 radical (unpaired) electrons. The van der Waals surface area contributed by atoms with Gasteiger partial charge in [-0.2, -0.15) is 0 Å². The summed E-state index contributed by atoms with van der Waals surface area (Å²) in [7, 11) is 0. The van der Waals surface area contributed by atoms with Crippen molar-refractivity contribution in [1.82, 2.24) is 5.32 Å². The van der Waals surface area contributed by atoms with Gasteiger partial charge in [0.25, 0.3) is 5.91 Å². The summed E-state index contributed by atoms with van der Waals surface area (Å²) in [5, 5.41) is 12.6. The van der Waals surface area contributed by atoms with Crippen molar-refractivity contribution in [2.24, 2.45) is 5.92 Å². The summed E-state index contributed by atoms with van der Waals surface area (Å²) in [4.78, 5) is 11.9. The predicted octanol–water partition coefficient (Wildman–Crippen LogP) is 1.81. The van der Waals surface area contributed by atoms with Crippen molar-refractivity contribution < 1.29 is 9.90 Å². The van der Waals surface area contributed by atoms with Crippen LogP contribution in [0.5, 0.6) is 0 Å². The number of nitrogens with one attached hydrogen (secondary N) is 1. The highest BCUT2D eigenvalue weighted by Crippen LogP contribution is 2.25. The zero-order valence-electron chi connectivity index (χ0n) is 10.0. The smallest absolute Gasteiger partial charge is 0.253 e. The van der Waals surface area contributed by atoms with Gasteiger partial charge in [-0.25, -0.2) is 0 Å². The van der Waals surface area contributed by atoms with Crippen LogP contribution >= 0.6 is 11.6 Å². The SMILES string of the molecule is Nc1c(Cl)cccc1C(=O)NCC1CCC(O)C1.